The summed E-state index contributed by atoms with van der Waals surface area (Å²) in [7, 11) is 0. The Morgan fingerprint density at radius 3 is 2.47 bits per heavy atom. The van der Waals surface area contributed by atoms with Crippen molar-refractivity contribution in [2.24, 2.45) is 0 Å². The van der Waals surface area contributed by atoms with E-state index in [-0.39, 0.29) is 23.8 Å². The fourth-order valence-electron chi connectivity index (χ4n) is 5.49. The average molecular weight is 542 g/mol. The van der Waals surface area contributed by atoms with Gasteiger partial charge in [0.1, 0.15) is 0 Å². The van der Waals surface area contributed by atoms with Crippen LogP contribution in [0.2, 0.25) is 0 Å². The van der Waals surface area contributed by atoms with Crippen LogP contribution >= 0.6 is 11.3 Å². The second kappa shape index (κ2) is 9.70. The number of alkyl halides is 3. The highest BCUT2D eigenvalue weighted by Crippen LogP contribution is 2.39. The van der Waals surface area contributed by atoms with E-state index >= 15 is 0 Å². The van der Waals surface area contributed by atoms with Crippen LogP contribution in [0.5, 0.6) is 0 Å². The molecule has 11 heteroatoms. The topological polar surface area (TPSA) is 68.8 Å². The molecule has 198 valence electrons. The van der Waals surface area contributed by atoms with E-state index < -0.39 is 11.7 Å². The lowest BCUT2D eigenvalue weighted by molar-refractivity contribution is -0.137. The van der Waals surface area contributed by atoms with E-state index in [0.717, 1.165) is 30.4 Å². The number of amides is 2. The standard InChI is InChI=1S/C27H26F3N5O2S/c28-27(29,30)19-3-1-2-17(12-19)22-14-32-23-13-18(4-5-21(22)23)25(36)35-15-20(16-35)33-7-9-34(10-8-33)26(37)24-31-6-11-38-24/h1-6,11-13,20,22,32H,7-10,14-16H2. The Kier molecular flexibility index (Phi) is 6.35. The van der Waals surface area contributed by atoms with Crippen LogP contribution < -0.4 is 5.32 Å². The number of carbonyl (C=O) groups is 2. The lowest BCUT2D eigenvalue weighted by Crippen LogP contribution is -2.64. The van der Waals surface area contributed by atoms with Gasteiger partial charge in [-0.05, 0) is 29.3 Å². The molecule has 2 saturated heterocycles. The molecule has 0 saturated carbocycles. The first-order valence-electron chi connectivity index (χ1n) is 12.5. The highest BCUT2D eigenvalue weighted by molar-refractivity contribution is 7.11. The van der Waals surface area contributed by atoms with E-state index in [9.17, 15) is 22.8 Å². The molecule has 0 radical (unpaired) electrons. The molecule has 0 bridgehead atoms. The smallest absolute Gasteiger partial charge is 0.384 e. The largest absolute Gasteiger partial charge is 0.416 e. The zero-order valence-electron chi connectivity index (χ0n) is 20.4. The second-order valence-corrected chi connectivity index (χ2v) is 10.8. The van der Waals surface area contributed by atoms with Crippen molar-refractivity contribution in [1.29, 1.82) is 0 Å². The summed E-state index contributed by atoms with van der Waals surface area (Å²) in [6, 6.07) is 11.1. The van der Waals surface area contributed by atoms with Gasteiger partial charge in [0.05, 0.1) is 5.56 Å². The van der Waals surface area contributed by atoms with Gasteiger partial charge in [-0.3, -0.25) is 14.5 Å². The zero-order valence-corrected chi connectivity index (χ0v) is 21.3. The number of benzene rings is 2. The van der Waals surface area contributed by atoms with E-state index in [4.69, 9.17) is 0 Å². The van der Waals surface area contributed by atoms with Crippen molar-refractivity contribution >= 4 is 28.8 Å². The summed E-state index contributed by atoms with van der Waals surface area (Å²) in [5, 5.41) is 5.58. The normalized spacial score (nSPS) is 20.1. The quantitative estimate of drug-likeness (QED) is 0.541. The summed E-state index contributed by atoms with van der Waals surface area (Å²) < 4.78 is 39.5. The second-order valence-electron chi connectivity index (χ2n) is 9.89. The van der Waals surface area contributed by atoms with Gasteiger partial charge in [0.25, 0.3) is 11.8 Å². The minimum Gasteiger partial charge on any atom is -0.384 e. The molecule has 7 nitrogen and oxygen atoms in total. The van der Waals surface area contributed by atoms with Gasteiger partial charge >= 0.3 is 6.18 Å². The predicted molar refractivity (Wildman–Crippen MR) is 138 cm³/mol. The lowest BCUT2D eigenvalue weighted by Gasteiger charge is -2.48. The van der Waals surface area contributed by atoms with E-state index in [1.54, 1.807) is 23.7 Å². The molecule has 1 aromatic heterocycles. The van der Waals surface area contributed by atoms with E-state index in [2.05, 4.69) is 15.2 Å². The van der Waals surface area contributed by atoms with Crippen LogP contribution in [0.1, 0.15) is 42.8 Å². The first-order chi connectivity index (χ1) is 18.3. The highest BCUT2D eigenvalue weighted by atomic mass is 32.1. The fourth-order valence-corrected chi connectivity index (χ4v) is 6.09. The number of halogens is 3. The Hall–Kier alpha value is -3.44. The number of fused-ring (bicyclic) bond motifs is 1. The van der Waals surface area contributed by atoms with Crippen LogP contribution in [-0.4, -0.2) is 83.4 Å². The van der Waals surface area contributed by atoms with Crippen molar-refractivity contribution in [1.82, 2.24) is 19.7 Å². The number of nitrogens with zero attached hydrogens (tertiary/aromatic N) is 4. The molecule has 2 aromatic carbocycles. The number of carbonyl (C=O) groups excluding carboxylic acids is 2. The molecule has 6 rings (SSSR count). The number of nitrogens with one attached hydrogen (secondary N) is 1. The summed E-state index contributed by atoms with van der Waals surface area (Å²) in [6.45, 7) is 4.58. The Bertz CT molecular complexity index is 1350. The Labute approximate surface area is 221 Å². The number of piperazine rings is 1. The number of thiazole rings is 1. The van der Waals surface area contributed by atoms with Gasteiger partial charge in [-0.15, -0.1) is 11.3 Å². The van der Waals surface area contributed by atoms with Crippen LogP contribution in [0.25, 0.3) is 0 Å². The third-order valence-corrected chi connectivity index (χ3v) is 8.43. The molecule has 1 atom stereocenters. The Balaban J connectivity index is 1.05. The molecule has 1 N–H and O–H groups in total. The van der Waals surface area contributed by atoms with Crippen LogP contribution in [0, 0.1) is 0 Å². The Morgan fingerprint density at radius 1 is 0.974 bits per heavy atom. The number of anilines is 1. The number of rotatable bonds is 4. The molecule has 38 heavy (non-hydrogen) atoms. The number of likely N-dealkylation sites (tertiary alicyclic amines) is 1. The maximum absolute atomic E-state index is 13.2. The van der Waals surface area contributed by atoms with Crippen molar-refractivity contribution < 1.29 is 22.8 Å². The van der Waals surface area contributed by atoms with Gasteiger partial charge in [-0.2, -0.15) is 13.2 Å². The van der Waals surface area contributed by atoms with Gasteiger partial charge in [0.15, 0.2) is 5.01 Å². The van der Waals surface area contributed by atoms with E-state index in [1.807, 2.05) is 21.9 Å². The molecule has 0 aliphatic carbocycles. The summed E-state index contributed by atoms with van der Waals surface area (Å²) in [4.78, 5) is 35.7. The summed E-state index contributed by atoms with van der Waals surface area (Å²) in [6.07, 6.45) is -2.75. The van der Waals surface area contributed by atoms with Crippen molar-refractivity contribution in [3.05, 3.63) is 81.3 Å². The van der Waals surface area contributed by atoms with Crippen molar-refractivity contribution in [2.45, 2.75) is 18.1 Å². The van der Waals surface area contributed by atoms with Gasteiger partial charge < -0.3 is 15.1 Å². The number of hydrogen-bond acceptors (Lipinski definition) is 6. The van der Waals surface area contributed by atoms with Crippen LogP contribution in [0.3, 0.4) is 0 Å². The molecule has 4 heterocycles. The summed E-state index contributed by atoms with van der Waals surface area (Å²) >= 11 is 1.35. The van der Waals surface area contributed by atoms with Gasteiger partial charge in [0.2, 0.25) is 0 Å². The monoisotopic (exact) mass is 541 g/mol. The van der Waals surface area contributed by atoms with E-state index in [0.29, 0.717) is 48.9 Å². The van der Waals surface area contributed by atoms with Gasteiger partial charge in [-0.25, -0.2) is 4.98 Å². The minimum absolute atomic E-state index is 0.0226. The van der Waals surface area contributed by atoms with Crippen LogP contribution in [0.15, 0.2) is 54.0 Å². The molecule has 3 aliphatic rings. The molecule has 0 spiro atoms. The first kappa shape index (κ1) is 24.9. The molecule has 1 unspecified atom stereocenters. The average Bonchev–Trinajstić information content (AvgIpc) is 3.57. The van der Waals surface area contributed by atoms with Crippen LogP contribution in [-0.2, 0) is 6.18 Å². The third-order valence-electron chi connectivity index (χ3n) is 7.67. The number of aromatic nitrogens is 1. The van der Waals surface area contributed by atoms with Crippen molar-refractivity contribution in [2.75, 3.05) is 51.1 Å². The van der Waals surface area contributed by atoms with Gasteiger partial charge in [-0.1, -0.05) is 24.3 Å². The molecule has 2 amide bonds. The van der Waals surface area contributed by atoms with Crippen molar-refractivity contribution in [3.63, 3.8) is 0 Å². The lowest BCUT2D eigenvalue weighted by atomic mass is 9.91. The first-order valence-corrected chi connectivity index (χ1v) is 13.4. The zero-order chi connectivity index (χ0) is 26.4. The minimum atomic E-state index is -4.39. The predicted octanol–water partition coefficient (Wildman–Crippen LogP) is 4.00. The number of hydrogen-bond donors (Lipinski definition) is 1. The molecule has 2 fully saturated rings. The van der Waals surface area contributed by atoms with Crippen LogP contribution in [0.4, 0.5) is 18.9 Å². The summed E-state index contributed by atoms with van der Waals surface area (Å²) in [5.74, 6) is -0.275. The molecule has 3 aliphatic heterocycles. The van der Waals surface area contributed by atoms with E-state index in [1.165, 1.54) is 23.5 Å². The Morgan fingerprint density at radius 2 is 1.76 bits per heavy atom. The SMILES string of the molecule is O=C(c1ccc2c(c1)NCC2c1cccc(C(F)(F)F)c1)N1CC(N2CCN(C(=O)c3nccs3)CC2)C1. The van der Waals surface area contributed by atoms with Gasteiger partial charge in [0, 0.05) is 80.6 Å². The molecular formula is C27H26F3N5O2S. The third kappa shape index (κ3) is 4.64. The molecular weight excluding hydrogens is 515 g/mol. The fraction of sp³-hybridized carbons (Fsp3) is 0.370. The van der Waals surface area contributed by atoms with Crippen molar-refractivity contribution in [3.8, 4) is 0 Å². The maximum atomic E-state index is 13.2. The summed E-state index contributed by atoms with van der Waals surface area (Å²) in [5.41, 5.74) is 2.20. The highest BCUT2D eigenvalue weighted by Gasteiger charge is 2.38. The maximum Gasteiger partial charge on any atom is 0.416 e. The molecule has 3 aromatic rings.